The summed E-state index contributed by atoms with van der Waals surface area (Å²) in [6.07, 6.45) is 4.72. The van der Waals surface area contributed by atoms with Gasteiger partial charge in [-0.3, -0.25) is 4.68 Å². The summed E-state index contributed by atoms with van der Waals surface area (Å²) in [5.74, 6) is 2.24. The van der Waals surface area contributed by atoms with E-state index in [2.05, 4.69) is 25.7 Å². The van der Waals surface area contributed by atoms with Gasteiger partial charge in [-0.1, -0.05) is 0 Å². The first-order valence-electron chi connectivity index (χ1n) is 6.58. The molecule has 7 nitrogen and oxygen atoms in total. The third kappa shape index (κ3) is 4.20. The van der Waals surface area contributed by atoms with Crippen molar-refractivity contribution < 1.29 is 4.74 Å². The Balaban J connectivity index is 1.86. The summed E-state index contributed by atoms with van der Waals surface area (Å²) < 4.78 is 6.98. The molecule has 0 aliphatic rings. The van der Waals surface area contributed by atoms with Gasteiger partial charge in [-0.25, -0.2) is 9.97 Å². The van der Waals surface area contributed by atoms with Gasteiger partial charge in [0.1, 0.15) is 18.2 Å². The van der Waals surface area contributed by atoms with Crippen LogP contribution in [-0.2, 0) is 17.9 Å². The lowest BCUT2D eigenvalue weighted by Gasteiger charge is -2.09. The first kappa shape index (κ1) is 14.3. The van der Waals surface area contributed by atoms with Crippen LogP contribution in [0.4, 0.5) is 11.6 Å². The van der Waals surface area contributed by atoms with E-state index in [1.165, 1.54) is 0 Å². The fraction of sp³-hybridized carbons (Fsp3) is 0.462. The second kappa shape index (κ2) is 7.44. The minimum absolute atomic E-state index is 0.400. The molecule has 2 aromatic rings. The molecule has 0 spiro atoms. The third-order valence-corrected chi connectivity index (χ3v) is 2.73. The normalized spacial score (nSPS) is 10.5. The summed E-state index contributed by atoms with van der Waals surface area (Å²) in [6, 6.07) is 3.81. The first-order valence-corrected chi connectivity index (χ1v) is 6.58. The van der Waals surface area contributed by atoms with Gasteiger partial charge >= 0.3 is 0 Å². The molecule has 2 aromatic heterocycles. The molecule has 20 heavy (non-hydrogen) atoms. The predicted octanol–water partition coefficient (Wildman–Crippen LogP) is 1.36. The molecule has 0 radical (unpaired) electrons. The summed E-state index contributed by atoms with van der Waals surface area (Å²) in [7, 11) is 3.47. The summed E-state index contributed by atoms with van der Waals surface area (Å²) in [4.78, 5) is 8.71. The van der Waals surface area contributed by atoms with E-state index in [0.29, 0.717) is 12.4 Å². The Bertz CT molecular complexity index is 514. The molecule has 0 aromatic carbocycles. The highest BCUT2D eigenvalue weighted by atomic mass is 16.5. The highest BCUT2D eigenvalue weighted by molar-refractivity contribution is 5.47. The van der Waals surface area contributed by atoms with Gasteiger partial charge < -0.3 is 15.4 Å². The molecule has 7 heteroatoms. The number of nitrogens with one attached hydrogen (secondary N) is 2. The van der Waals surface area contributed by atoms with E-state index >= 15 is 0 Å². The van der Waals surface area contributed by atoms with Crippen LogP contribution in [0.15, 0.2) is 24.5 Å². The van der Waals surface area contributed by atoms with E-state index in [1.54, 1.807) is 13.3 Å². The lowest BCUT2D eigenvalue weighted by atomic mass is 10.4. The van der Waals surface area contributed by atoms with Gasteiger partial charge in [0.15, 0.2) is 5.82 Å². The van der Waals surface area contributed by atoms with Crippen molar-refractivity contribution in [2.75, 3.05) is 31.3 Å². The van der Waals surface area contributed by atoms with Crippen LogP contribution in [-0.4, -0.2) is 40.5 Å². The van der Waals surface area contributed by atoms with E-state index < -0.39 is 0 Å². The SMILES string of the molecule is CNc1cc(NCCCn2cccn2)nc(COC)n1. The Morgan fingerprint density at radius 2 is 2.15 bits per heavy atom. The molecule has 2 heterocycles. The number of hydrogen-bond donors (Lipinski definition) is 2. The fourth-order valence-corrected chi connectivity index (χ4v) is 1.80. The van der Waals surface area contributed by atoms with Crippen molar-refractivity contribution in [2.45, 2.75) is 19.6 Å². The lowest BCUT2D eigenvalue weighted by Crippen LogP contribution is -2.10. The number of ether oxygens (including phenoxy) is 1. The zero-order valence-corrected chi connectivity index (χ0v) is 11.8. The predicted molar refractivity (Wildman–Crippen MR) is 77.6 cm³/mol. The molecule has 0 bridgehead atoms. The number of methoxy groups -OCH3 is 1. The van der Waals surface area contributed by atoms with Gasteiger partial charge in [-0.15, -0.1) is 0 Å². The van der Waals surface area contributed by atoms with Crippen molar-refractivity contribution >= 4 is 11.6 Å². The smallest absolute Gasteiger partial charge is 0.158 e. The van der Waals surface area contributed by atoms with Crippen LogP contribution in [0, 0.1) is 0 Å². The van der Waals surface area contributed by atoms with E-state index in [4.69, 9.17) is 4.74 Å². The van der Waals surface area contributed by atoms with Crippen LogP contribution < -0.4 is 10.6 Å². The molecule has 2 N–H and O–H groups in total. The average Bonchev–Trinajstić information content (AvgIpc) is 2.97. The van der Waals surface area contributed by atoms with Crippen LogP contribution in [0.2, 0.25) is 0 Å². The maximum atomic E-state index is 5.06. The highest BCUT2D eigenvalue weighted by Crippen LogP contribution is 2.11. The molecule has 108 valence electrons. The monoisotopic (exact) mass is 276 g/mol. The van der Waals surface area contributed by atoms with Crippen molar-refractivity contribution in [2.24, 2.45) is 0 Å². The van der Waals surface area contributed by atoms with E-state index in [1.807, 2.05) is 30.1 Å². The molecular weight excluding hydrogens is 256 g/mol. The summed E-state index contributed by atoms with van der Waals surface area (Å²) in [5, 5.41) is 10.5. The van der Waals surface area contributed by atoms with Crippen LogP contribution in [0.3, 0.4) is 0 Å². The van der Waals surface area contributed by atoms with Crippen LogP contribution >= 0.6 is 0 Å². The maximum absolute atomic E-state index is 5.06. The third-order valence-electron chi connectivity index (χ3n) is 2.73. The van der Waals surface area contributed by atoms with Crippen molar-refractivity contribution in [3.05, 3.63) is 30.4 Å². The van der Waals surface area contributed by atoms with Gasteiger partial charge in [0.05, 0.1) is 0 Å². The number of anilines is 2. The van der Waals surface area contributed by atoms with Crippen molar-refractivity contribution in [3.63, 3.8) is 0 Å². The zero-order valence-electron chi connectivity index (χ0n) is 11.8. The van der Waals surface area contributed by atoms with Gasteiger partial charge in [0.25, 0.3) is 0 Å². The van der Waals surface area contributed by atoms with Crippen LogP contribution in [0.1, 0.15) is 12.2 Å². The fourth-order valence-electron chi connectivity index (χ4n) is 1.80. The number of rotatable bonds is 8. The number of nitrogens with zero attached hydrogens (tertiary/aromatic N) is 4. The molecule has 0 amide bonds. The second-order valence-corrected chi connectivity index (χ2v) is 4.29. The zero-order chi connectivity index (χ0) is 14.2. The minimum atomic E-state index is 0.400. The Hall–Kier alpha value is -2.15. The lowest BCUT2D eigenvalue weighted by molar-refractivity contribution is 0.178. The average molecular weight is 276 g/mol. The van der Waals surface area contributed by atoms with E-state index in [-0.39, 0.29) is 0 Å². The molecule has 0 saturated carbocycles. The summed E-state index contributed by atoms with van der Waals surface area (Å²) in [5.41, 5.74) is 0. The molecule has 0 unspecified atom stereocenters. The van der Waals surface area contributed by atoms with E-state index in [9.17, 15) is 0 Å². The van der Waals surface area contributed by atoms with Crippen molar-refractivity contribution in [1.82, 2.24) is 19.7 Å². The van der Waals surface area contributed by atoms with Crippen LogP contribution in [0.5, 0.6) is 0 Å². The van der Waals surface area contributed by atoms with Crippen LogP contribution in [0.25, 0.3) is 0 Å². The summed E-state index contributed by atoms with van der Waals surface area (Å²) in [6.45, 7) is 2.11. The second-order valence-electron chi connectivity index (χ2n) is 4.29. The molecule has 0 fully saturated rings. The topological polar surface area (TPSA) is 76.9 Å². The quantitative estimate of drug-likeness (QED) is 0.709. The maximum Gasteiger partial charge on any atom is 0.158 e. The number of aromatic nitrogens is 4. The molecule has 2 rings (SSSR count). The van der Waals surface area contributed by atoms with Gasteiger partial charge in [-0.05, 0) is 12.5 Å². The van der Waals surface area contributed by atoms with Crippen molar-refractivity contribution in [3.8, 4) is 0 Å². The molecule has 0 saturated heterocycles. The molecule has 0 atom stereocenters. The minimum Gasteiger partial charge on any atom is -0.377 e. The standard InChI is InChI=1S/C13H20N6O/c1-14-11-9-12(18-13(17-11)10-20-2)15-5-3-7-19-8-4-6-16-19/h4,6,8-9H,3,5,7,10H2,1-2H3,(H2,14,15,17,18). The number of hydrogen-bond acceptors (Lipinski definition) is 6. The Labute approximate surface area is 118 Å². The summed E-state index contributed by atoms with van der Waals surface area (Å²) >= 11 is 0. The van der Waals surface area contributed by atoms with E-state index in [0.717, 1.165) is 31.1 Å². The number of aryl methyl sites for hydroxylation is 1. The molecule has 0 aliphatic heterocycles. The Kier molecular flexibility index (Phi) is 5.31. The molecular formula is C13H20N6O. The first-order chi connectivity index (χ1) is 9.81. The molecule has 0 aliphatic carbocycles. The van der Waals surface area contributed by atoms with Crippen molar-refractivity contribution in [1.29, 1.82) is 0 Å². The Morgan fingerprint density at radius 3 is 2.85 bits per heavy atom. The Morgan fingerprint density at radius 1 is 1.30 bits per heavy atom. The largest absolute Gasteiger partial charge is 0.377 e. The van der Waals surface area contributed by atoms with Gasteiger partial charge in [-0.2, -0.15) is 5.10 Å². The van der Waals surface area contributed by atoms with Gasteiger partial charge in [0, 0.05) is 45.7 Å². The highest BCUT2D eigenvalue weighted by Gasteiger charge is 2.03. The van der Waals surface area contributed by atoms with Gasteiger partial charge in [0.2, 0.25) is 0 Å².